The number of esters is 1. The van der Waals surface area contributed by atoms with Gasteiger partial charge in [0.1, 0.15) is 0 Å². The quantitative estimate of drug-likeness (QED) is 0.335. The van der Waals surface area contributed by atoms with E-state index in [1.807, 2.05) is 0 Å². The van der Waals surface area contributed by atoms with E-state index in [-0.39, 0.29) is 24.3 Å². The van der Waals surface area contributed by atoms with Gasteiger partial charge in [0.25, 0.3) is 5.69 Å². The van der Waals surface area contributed by atoms with E-state index in [1.54, 1.807) is 0 Å². The van der Waals surface area contributed by atoms with Gasteiger partial charge < -0.3 is 14.9 Å². The SMILES string of the molecule is O=C(OCCC(O)O)c1ccc([N+](=O)[O-])cc1. The first-order valence-electron chi connectivity index (χ1n) is 4.78. The van der Waals surface area contributed by atoms with Crippen molar-refractivity contribution in [3.05, 3.63) is 39.9 Å². The molecule has 0 saturated heterocycles. The van der Waals surface area contributed by atoms with Crippen LogP contribution in [0.5, 0.6) is 0 Å². The van der Waals surface area contributed by atoms with Crippen molar-refractivity contribution in [2.75, 3.05) is 6.61 Å². The van der Waals surface area contributed by atoms with Crippen LogP contribution >= 0.6 is 0 Å². The summed E-state index contributed by atoms with van der Waals surface area (Å²) in [5.74, 6) is -0.666. The van der Waals surface area contributed by atoms with Crippen LogP contribution < -0.4 is 0 Å². The zero-order valence-electron chi connectivity index (χ0n) is 8.78. The number of hydrogen-bond acceptors (Lipinski definition) is 6. The smallest absolute Gasteiger partial charge is 0.338 e. The molecular weight excluding hydrogens is 230 g/mol. The third-order valence-electron chi connectivity index (χ3n) is 1.92. The summed E-state index contributed by atoms with van der Waals surface area (Å²) >= 11 is 0. The number of hydrogen-bond donors (Lipinski definition) is 2. The van der Waals surface area contributed by atoms with Gasteiger partial charge in [-0.15, -0.1) is 0 Å². The van der Waals surface area contributed by atoms with Gasteiger partial charge in [-0.1, -0.05) is 0 Å². The largest absolute Gasteiger partial charge is 0.462 e. The highest BCUT2D eigenvalue weighted by molar-refractivity contribution is 5.89. The Kier molecular flexibility index (Phi) is 4.56. The molecule has 0 bridgehead atoms. The zero-order valence-corrected chi connectivity index (χ0v) is 8.78. The molecule has 0 aliphatic heterocycles. The monoisotopic (exact) mass is 241 g/mol. The average Bonchev–Trinajstić information content (AvgIpc) is 2.28. The zero-order chi connectivity index (χ0) is 12.8. The maximum Gasteiger partial charge on any atom is 0.338 e. The lowest BCUT2D eigenvalue weighted by atomic mass is 10.2. The van der Waals surface area contributed by atoms with Crippen LogP contribution in [0.1, 0.15) is 16.8 Å². The van der Waals surface area contributed by atoms with Crippen molar-refractivity contribution in [1.29, 1.82) is 0 Å². The van der Waals surface area contributed by atoms with Crippen LogP contribution in [0.15, 0.2) is 24.3 Å². The first-order valence-corrected chi connectivity index (χ1v) is 4.78. The van der Waals surface area contributed by atoms with Crippen LogP contribution in [0.4, 0.5) is 5.69 Å². The van der Waals surface area contributed by atoms with E-state index in [2.05, 4.69) is 0 Å². The fraction of sp³-hybridized carbons (Fsp3) is 0.300. The summed E-state index contributed by atoms with van der Waals surface area (Å²) in [5, 5.41) is 27.4. The van der Waals surface area contributed by atoms with Gasteiger partial charge in [-0.25, -0.2) is 4.79 Å². The molecule has 92 valence electrons. The summed E-state index contributed by atoms with van der Waals surface area (Å²) in [4.78, 5) is 21.1. The van der Waals surface area contributed by atoms with Gasteiger partial charge in [-0.2, -0.15) is 0 Å². The van der Waals surface area contributed by atoms with Crippen LogP contribution in [-0.4, -0.2) is 34.0 Å². The molecule has 0 amide bonds. The van der Waals surface area contributed by atoms with Gasteiger partial charge in [0.05, 0.1) is 17.1 Å². The molecule has 0 saturated carbocycles. The Morgan fingerprint density at radius 1 is 1.35 bits per heavy atom. The summed E-state index contributed by atoms with van der Waals surface area (Å²) in [5.41, 5.74) is 0.0513. The molecule has 0 aliphatic rings. The molecule has 0 unspecified atom stereocenters. The molecule has 1 rings (SSSR count). The molecule has 0 aliphatic carbocycles. The predicted octanol–water partition coefficient (Wildman–Crippen LogP) is 0.452. The lowest BCUT2D eigenvalue weighted by Crippen LogP contribution is -2.12. The Hall–Kier alpha value is -1.99. The van der Waals surface area contributed by atoms with Gasteiger partial charge in [0.15, 0.2) is 6.29 Å². The Morgan fingerprint density at radius 3 is 2.41 bits per heavy atom. The average molecular weight is 241 g/mol. The maximum atomic E-state index is 11.4. The van der Waals surface area contributed by atoms with E-state index < -0.39 is 17.2 Å². The van der Waals surface area contributed by atoms with Crippen LogP contribution in [-0.2, 0) is 4.74 Å². The normalized spacial score (nSPS) is 10.3. The Labute approximate surface area is 96.4 Å². The number of nitro groups is 1. The summed E-state index contributed by atoms with van der Waals surface area (Å²) in [6, 6.07) is 4.93. The minimum absolute atomic E-state index is 0.0846. The second-order valence-electron chi connectivity index (χ2n) is 3.21. The Morgan fingerprint density at radius 2 is 1.94 bits per heavy atom. The summed E-state index contributed by atoms with van der Waals surface area (Å²) in [7, 11) is 0. The molecule has 1 aromatic rings. The van der Waals surface area contributed by atoms with Crippen molar-refractivity contribution in [2.24, 2.45) is 0 Å². The number of non-ortho nitro benzene ring substituents is 1. The molecule has 2 N–H and O–H groups in total. The van der Waals surface area contributed by atoms with Gasteiger partial charge in [0.2, 0.25) is 0 Å². The number of benzene rings is 1. The third-order valence-corrected chi connectivity index (χ3v) is 1.92. The highest BCUT2D eigenvalue weighted by Gasteiger charge is 2.10. The van der Waals surface area contributed by atoms with E-state index in [1.165, 1.54) is 24.3 Å². The molecular formula is C10H11NO6. The number of nitrogens with zero attached hydrogens (tertiary/aromatic N) is 1. The number of carbonyl (C=O) groups excluding carboxylic acids is 1. The minimum atomic E-state index is -1.53. The molecule has 7 nitrogen and oxygen atoms in total. The van der Waals surface area contributed by atoms with Crippen molar-refractivity contribution in [3.63, 3.8) is 0 Å². The standard InChI is InChI=1S/C10H11NO6/c12-9(13)5-6-17-10(14)7-1-3-8(4-2-7)11(15)16/h1-4,9,12-13H,5-6H2. The summed E-state index contributed by atoms with van der Waals surface area (Å²) in [6.07, 6.45) is -1.61. The summed E-state index contributed by atoms with van der Waals surface area (Å²) < 4.78 is 4.71. The molecule has 0 atom stereocenters. The summed E-state index contributed by atoms with van der Waals surface area (Å²) in [6.45, 7) is -0.131. The van der Waals surface area contributed by atoms with Gasteiger partial charge in [0, 0.05) is 18.6 Å². The van der Waals surface area contributed by atoms with E-state index in [0.29, 0.717) is 0 Å². The van der Waals surface area contributed by atoms with Crippen LogP contribution in [0.3, 0.4) is 0 Å². The molecule has 0 radical (unpaired) electrons. The first-order chi connectivity index (χ1) is 8.00. The fourth-order valence-corrected chi connectivity index (χ4v) is 1.06. The first kappa shape index (κ1) is 13.1. The number of aliphatic hydroxyl groups excluding tert-OH is 1. The Balaban J connectivity index is 2.55. The number of aliphatic hydroxyl groups is 2. The van der Waals surface area contributed by atoms with Crippen LogP contribution in [0, 0.1) is 10.1 Å². The van der Waals surface area contributed by atoms with Crippen molar-refractivity contribution >= 4 is 11.7 Å². The third kappa shape index (κ3) is 4.17. The Bertz CT molecular complexity index is 400. The van der Waals surface area contributed by atoms with Gasteiger partial charge in [-0.05, 0) is 12.1 Å². The number of nitro benzene ring substituents is 1. The lowest BCUT2D eigenvalue weighted by molar-refractivity contribution is -0.384. The molecule has 0 spiro atoms. The minimum Gasteiger partial charge on any atom is -0.462 e. The highest BCUT2D eigenvalue weighted by Crippen LogP contribution is 2.12. The maximum absolute atomic E-state index is 11.4. The van der Waals surface area contributed by atoms with Crippen molar-refractivity contribution in [2.45, 2.75) is 12.7 Å². The predicted molar refractivity (Wildman–Crippen MR) is 56.2 cm³/mol. The van der Waals surface area contributed by atoms with Crippen molar-refractivity contribution < 1.29 is 24.7 Å². The number of rotatable bonds is 5. The number of carbonyl (C=O) groups is 1. The molecule has 0 fully saturated rings. The second-order valence-corrected chi connectivity index (χ2v) is 3.21. The second kappa shape index (κ2) is 5.92. The highest BCUT2D eigenvalue weighted by atomic mass is 16.6. The van der Waals surface area contributed by atoms with E-state index in [9.17, 15) is 14.9 Å². The molecule has 0 aromatic heterocycles. The topological polar surface area (TPSA) is 110 Å². The molecule has 17 heavy (non-hydrogen) atoms. The van der Waals surface area contributed by atoms with Crippen molar-refractivity contribution in [1.82, 2.24) is 0 Å². The number of ether oxygens (including phenoxy) is 1. The molecule has 0 heterocycles. The molecule has 1 aromatic carbocycles. The lowest BCUT2D eigenvalue weighted by Gasteiger charge is -2.05. The van der Waals surface area contributed by atoms with E-state index in [0.717, 1.165) is 0 Å². The van der Waals surface area contributed by atoms with Crippen LogP contribution in [0.2, 0.25) is 0 Å². The van der Waals surface area contributed by atoms with Crippen molar-refractivity contribution in [3.8, 4) is 0 Å². The fourth-order valence-electron chi connectivity index (χ4n) is 1.06. The van der Waals surface area contributed by atoms with E-state index >= 15 is 0 Å². The van der Waals surface area contributed by atoms with E-state index in [4.69, 9.17) is 14.9 Å². The van der Waals surface area contributed by atoms with Gasteiger partial charge >= 0.3 is 5.97 Å². The van der Waals surface area contributed by atoms with Gasteiger partial charge in [-0.3, -0.25) is 10.1 Å². The molecule has 7 heteroatoms. The van der Waals surface area contributed by atoms with Crippen LogP contribution in [0.25, 0.3) is 0 Å².